The molecule has 0 amide bonds. The van der Waals surface area contributed by atoms with E-state index in [2.05, 4.69) is 11.1 Å². The van der Waals surface area contributed by atoms with Gasteiger partial charge >= 0.3 is 0 Å². The Hall–Kier alpha value is -4.88. The summed E-state index contributed by atoms with van der Waals surface area (Å²) >= 11 is 1.12. The van der Waals surface area contributed by atoms with Crippen molar-refractivity contribution in [3.63, 3.8) is 0 Å². The number of methoxy groups -OCH3 is 1. The molecule has 0 aliphatic rings. The number of thioether (sulfide) groups is 1. The van der Waals surface area contributed by atoms with Gasteiger partial charge in [-0.05, 0) is 41.5 Å². The Morgan fingerprint density at radius 2 is 1.85 bits per heavy atom. The van der Waals surface area contributed by atoms with Gasteiger partial charge < -0.3 is 4.74 Å². The van der Waals surface area contributed by atoms with E-state index in [1.165, 1.54) is 43.5 Å². The average Bonchev–Trinajstić information content (AvgIpc) is 2.98. The smallest absolute Gasteiger partial charge is 0.280 e. The number of allylic oxidation sites excluding steroid dienone is 1. The lowest BCUT2D eigenvalue weighted by atomic mass is 10.0. The number of nitrogens with zero attached hydrogens (tertiary/aromatic N) is 3. The number of ketones is 1. The van der Waals surface area contributed by atoms with E-state index in [0.29, 0.717) is 28.0 Å². The summed E-state index contributed by atoms with van der Waals surface area (Å²) in [6.45, 7) is 0. The van der Waals surface area contributed by atoms with Gasteiger partial charge in [-0.3, -0.25) is 14.9 Å². The molecule has 40 heavy (non-hydrogen) atoms. The van der Waals surface area contributed by atoms with Gasteiger partial charge in [0, 0.05) is 22.9 Å². The largest absolute Gasteiger partial charge is 0.496 e. The molecule has 0 atom stereocenters. The third-order valence-electron chi connectivity index (χ3n) is 5.89. The van der Waals surface area contributed by atoms with E-state index in [1.807, 2.05) is 0 Å². The van der Waals surface area contributed by atoms with Crippen LogP contribution in [0.2, 0.25) is 0 Å². The maximum Gasteiger partial charge on any atom is 0.280 e. The summed E-state index contributed by atoms with van der Waals surface area (Å²) in [5, 5.41) is 21.3. The maximum atomic E-state index is 13.7. The summed E-state index contributed by atoms with van der Waals surface area (Å²) < 4.78 is 32.9. The Bertz CT molecular complexity index is 1640. The van der Waals surface area contributed by atoms with Crippen LogP contribution in [0.1, 0.15) is 39.2 Å². The van der Waals surface area contributed by atoms with E-state index >= 15 is 0 Å². The molecule has 10 heteroatoms. The first-order chi connectivity index (χ1) is 19.3. The first kappa shape index (κ1) is 28.1. The van der Waals surface area contributed by atoms with Crippen molar-refractivity contribution < 1.29 is 23.2 Å². The van der Waals surface area contributed by atoms with Gasteiger partial charge in [-0.1, -0.05) is 54.6 Å². The van der Waals surface area contributed by atoms with Crippen LogP contribution in [-0.4, -0.2) is 22.8 Å². The van der Waals surface area contributed by atoms with Crippen LogP contribution in [0.4, 0.5) is 14.5 Å². The van der Waals surface area contributed by atoms with Gasteiger partial charge in [-0.2, -0.15) is 5.26 Å². The molecule has 0 saturated heterocycles. The fourth-order valence-electron chi connectivity index (χ4n) is 3.97. The minimum absolute atomic E-state index is 0.0312. The average molecular weight is 558 g/mol. The number of hydrogen-bond acceptors (Lipinski definition) is 7. The second kappa shape index (κ2) is 12.8. The van der Waals surface area contributed by atoms with Crippen LogP contribution in [0.15, 0.2) is 90.0 Å². The van der Waals surface area contributed by atoms with Crippen LogP contribution in [0.3, 0.4) is 0 Å². The number of rotatable bonds is 10. The van der Waals surface area contributed by atoms with Crippen molar-refractivity contribution in [1.82, 2.24) is 4.98 Å². The molecule has 200 valence electrons. The van der Waals surface area contributed by atoms with Crippen LogP contribution in [0, 0.1) is 21.4 Å². The lowest BCUT2D eigenvalue weighted by Gasteiger charge is -2.13. The molecule has 0 bridgehead atoms. The molecule has 0 fully saturated rings. The number of para-hydroxylation sites is 1. The van der Waals surface area contributed by atoms with Gasteiger partial charge in [-0.25, -0.2) is 13.8 Å². The Morgan fingerprint density at radius 1 is 1.12 bits per heavy atom. The molecule has 0 N–H and O–H groups in total. The third kappa shape index (κ3) is 6.39. The first-order valence-electron chi connectivity index (χ1n) is 11.9. The van der Waals surface area contributed by atoms with Crippen molar-refractivity contribution in [2.45, 2.75) is 17.2 Å². The van der Waals surface area contributed by atoms with Crippen LogP contribution in [0.25, 0.3) is 17.2 Å². The minimum atomic E-state index is -2.82. The number of nitro groups is 1. The topological polar surface area (TPSA) is 106 Å². The molecule has 7 nitrogen and oxygen atoms in total. The SMILES string of the molecule is COc1ccc(/C=C/C(=O)c2ccccc2[N+](=O)[O-])cc1CSc1nc(C(F)F)cc(-c2ccccc2)c1C#N. The standard InChI is InChI=1S/C30H21F2N3O4S/c1-39-28-14-12-19(11-13-27(36)22-9-5-6-10-26(22)35(37)38)15-21(28)18-40-30-24(17-33)23(16-25(34-30)29(31)32)20-7-3-2-4-8-20/h2-16,29H,18H2,1H3/b13-11+. The first-order valence-corrected chi connectivity index (χ1v) is 12.8. The molecule has 3 aromatic carbocycles. The van der Waals surface area contributed by atoms with Gasteiger partial charge in [0.15, 0.2) is 5.78 Å². The van der Waals surface area contributed by atoms with E-state index < -0.39 is 22.8 Å². The molecule has 0 saturated carbocycles. The number of benzene rings is 3. The van der Waals surface area contributed by atoms with E-state index in [-0.39, 0.29) is 27.6 Å². The highest BCUT2D eigenvalue weighted by Gasteiger charge is 2.20. The monoisotopic (exact) mass is 557 g/mol. The maximum absolute atomic E-state index is 13.7. The number of ether oxygens (including phenoxy) is 1. The Morgan fingerprint density at radius 3 is 2.52 bits per heavy atom. The number of hydrogen-bond donors (Lipinski definition) is 0. The second-order valence-electron chi connectivity index (χ2n) is 8.39. The van der Waals surface area contributed by atoms with E-state index in [0.717, 1.165) is 11.8 Å². The molecule has 4 rings (SSSR count). The molecule has 0 aliphatic heterocycles. The molecule has 4 aromatic rings. The van der Waals surface area contributed by atoms with Gasteiger partial charge in [-0.15, -0.1) is 11.8 Å². The van der Waals surface area contributed by atoms with E-state index in [4.69, 9.17) is 4.74 Å². The Labute approximate surface area is 232 Å². The van der Waals surface area contributed by atoms with Crippen molar-refractivity contribution >= 4 is 29.3 Å². The van der Waals surface area contributed by atoms with Crippen molar-refractivity contribution in [1.29, 1.82) is 5.26 Å². The molecule has 0 spiro atoms. The summed E-state index contributed by atoms with van der Waals surface area (Å²) in [4.78, 5) is 27.4. The van der Waals surface area contributed by atoms with Crippen molar-refractivity contribution in [3.05, 3.63) is 123 Å². The number of carbonyl (C=O) groups excluding carboxylic acids is 1. The lowest BCUT2D eigenvalue weighted by Crippen LogP contribution is -2.01. The van der Waals surface area contributed by atoms with Crippen LogP contribution in [-0.2, 0) is 5.75 Å². The van der Waals surface area contributed by atoms with Gasteiger partial charge in [0.25, 0.3) is 12.1 Å². The zero-order valence-corrected chi connectivity index (χ0v) is 21.9. The van der Waals surface area contributed by atoms with Crippen LogP contribution >= 0.6 is 11.8 Å². The van der Waals surface area contributed by atoms with Gasteiger partial charge in [0.2, 0.25) is 0 Å². The zero-order chi connectivity index (χ0) is 28.6. The Balaban J connectivity index is 1.64. The summed E-state index contributed by atoms with van der Waals surface area (Å²) in [5.74, 6) is 0.214. The number of halogens is 2. The third-order valence-corrected chi connectivity index (χ3v) is 6.91. The number of nitriles is 1. The summed E-state index contributed by atoms with van der Waals surface area (Å²) in [7, 11) is 1.49. The highest BCUT2D eigenvalue weighted by molar-refractivity contribution is 7.98. The summed E-state index contributed by atoms with van der Waals surface area (Å²) in [5.41, 5.74) is 1.71. The Kier molecular flexibility index (Phi) is 8.99. The van der Waals surface area contributed by atoms with E-state index in [9.17, 15) is 29.0 Å². The number of aromatic nitrogens is 1. The second-order valence-corrected chi connectivity index (χ2v) is 9.35. The molecule has 0 aliphatic carbocycles. The molecule has 1 heterocycles. The highest BCUT2D eigenvalue weighted by Crippen LogP contribution is 2.36. The fraction of sp³-hybridized carbons (Fsp3) is 0.100. The summed E-state index contributed by atoms with van der Waals surface area (Å²) in [6, 6.07) is 23.0. The quantitative estimate of drug-likeness (QED) is 0.0648. The fourth-order valence-corrected chi connectivity index (χ4v) is 4.96. The number of nitro benzene ring substituents is 1. The predicted octanol–water partition coefficient (Wildman–Crippen LogP) is 7.66. The van der Waals surface area contributed by atoms with Crippen LogP contribution in [0.5, 0.6) is 5.75 Å². The lowest BCUT2D eigenvalue weighted by molar-refractivity contribution is -0.385. The van der Waals surface area contributed by atoms with Crippen molar-refractivity contribution in [3.8, 4) is 22.9 Å². The summed E-state index contributed by atoms with van der Waals surface area (Å²) in [6.07, 6.45) is -0.0545. The van der Waals surface area contributed by atoms with E-state index in [1.54, 1.807) is 54.6 Å². The molecule has 0 unspecified atom stereocenters. The molecule has 0 radical (unpaired) electrons. The number of alkyl halides is 2. The molecular formula is C30H21F2N3O4S. The number of carbonyl (C=O) groups is 1. The predicted molar refractivity (Wildman–Crippen MR) is 148 cm³/mol. The highest BCUT2D eigenvalue weighted by atomic mass is 32.2. The molecular weight excluding hydrogens is 536 g/mol. The van der Waals surface area contributed by atoms with Crippen molar-refractivity contribution in [2.75, 3.05) is 7.11 Å². The van der Waals surface area contributed by atoms with Gasteiger partial charge in [0.1, 0.15) is 22.5 Å². The molecule has 1 aromatic heterocycles. The zero-order valence-electron chi connectivity index (χ0n) is 21.1. The minimum Gasteiger partial charge on any atom is -0.496 e. The number of pyridine rings is 1. The normalized spacial score (nSPS) is 11.0. The van der Waals surface area contributed by atoms with Crippen molar-refractivity contribution in [2.24, 2.45) is 0 Å². The van der Waals surface area contributed by atoms with Gasteiger partial charge in [0.05, 0.1) is 23.2 Å². The van der Waals surface area contributed by atoms with Crippen LogP contribution < -0.4 is 4.74 Å².